The first-order valence-corrected chi connectivity index (χ1v) is 7.02. The molecule has 0 aliphatic rings. The van der Waals surface area contributed by atoms with E-state index in [-0.39, 0.29) is 5.43 Å². The Labute approximate surface area is 123 Å². The van der Waals surface area contributed by atoms with Crippen molar-refractivity contribution in [3.8, 4) is 11.1 Å². The molecule has 104 valence electrons. The Hall–Kier alpha value is -2.61. The number of benzene rings is 2. The van der Waals surface area contributed by atoms with E-state index < -0.39 is 0 Å². The molecule has 1 heterocycles. The maximum atomic E-state index is 13.0. The molecule has 21 heavy (non-hydrogen) atoms. The highest BCUT2D eigenvalue weighted by Gasteiger charge is 2.16. The molecule has 0 aliphatic heterocycles. The van der Waals surface area contributed by atoms with Gasteiger partial charge in [-0.2, -0.15) is 0 Å². The van der Waals surface area contributed by atoms with Crippen molar-refractivity contribution in [3.05, 3.63) is 76.7 Å². The van der Waals surface area contributed by atoms with Gasteiger partial charge in [0.15, 0.2) is 0 Å². The first-order chi connectivity index (χ1) is 10.3. The first-order valence-electron chi connectivity index (χ1n) is 7.02. The van der Waals surface area contributed by atoms with Crippen molar-refractivity contribution in [3.63, 3.8) is 0 Å². The third kappa shape index (κ3) is 2.19. The zero-order valence-corrected chi connectivity index (χ0v) is 11.9. The molecule has 3 rings (SSSR count). The van der Waals surface area contributed by atoms with Gasteiger partial charge in [-0.15, -0.1) is 0 Å². The number of hydrogen-bond acceptors (Lipinski definition) is 2. The molecule has 1 aromatic heterocycles. The fraction of sp³-hybridized carbons (Fsp3) is 0.105. The molecule has 0 spiro atoms. The van der Waals surface area contributed by atoms with Gasteiger partial charge in [-0.3, -0.25) is 4.79 Å². The standard InChI is InChI=1S/C19H16O2/c1-3-13-11-8-12-16-17(13)19(20)18(15(4-2)21-16)14-9-6-5-7-10-14/h3,5-12H,1,4H2,2H3. The number of rotatable bonds is 3. The molecule has 0 saturated carbocycles. The van der Waals surface area contributed by atoms with Gasteiger partial charge in [-0.25, -0.2) is 0 Å². The van der Waals surface area contributed by atoms with Crippen LogP contribution >= 0.6 is 0 Å². The van der Waals surface area contributed by atoms with Gasteiger partial charge in [0, 0.05) is 6.42 Å². The van der Waals surface area contributed by atoms with Crippen LogP contribution in [0.15, 0.2) is 64.3 Å². The Balaban J connectivity index is 2.47. The van der Waals surface area contributed by atoms with Gasteiger partial charge in [-0.05, 0) is 17.2 Å². The summed E-state index contributed by atoms with van der Waals surface area (Å²) in [6.45, 7) is 5.78. The summed E-state index contributed by atoms with van der Waals surface area (Å²) in [6.07, 6.45) is 2.37. The SMILES string of the molecule is C=Cc1cccc2oc(CC)c(-c3ccccc3)c(=O)c12. The minimum atomic E-state index is 0.00907. The van der Waals surface area contributed by atoms with E-state index in [1.165, 1.54) is 0 Å². The third-order valence-electron chi connectivity index (χ3n) is 3.63. The lowest BCUT2D eigenvalue weighted by atomic mass is 9.99. The Morgan fingerprint density at radius 1 is 1.10 bits per heavy atom. The van der Waals surface area contributed by atoms with Crippen LogP contribution in [-0.2, 0) is 6.42 Å². The Bertz CT molecular complexity index is 858. The van der Waals surface area contributed by atoms with Crippen LogP contribution in [0.25, 0.3) is 28.2 Å². The number of aryl methyl sites for hydroxylation is 1. The van der Waals surface area contributed by atoms with Crippen molar-refractivity contribution in [2.24, 2.45) is 0 Å². The summed E-state index contributed by atoms with van der Waals surface area (Å²) >= 11 is 0. The monoisotopic (exact) mass is 276 g/mol. The van der Waals surface area contributed by atoms with Crippen molar-refractivity contribution in [1.82, 2.24) is 0 Å². The molecular formula is C19H16O2. The summed E-state index contributed by atoms with van der Waals surface area (Å²) < 4.78 is 5.97. The van der Waals surface area contributed by atoms with Crippen molar-refractivity contribution < 1.29 is 4.42 Å². The summed E-state index contributed by atoms with van der Waals surface area (Å²) in [7, 11) is 0. The van der Waals surface area contributed by atoms with Crippen LogP contribution < -0.4 is 5.43 Å². The van der Waals surface area contributed by atoms with E-state index in [1.807, 2.05) is 55.5 Å². The smallest absolute Gasteiger partial charge is 0.201 e. The molecule has 0 amide bonds. The van der Waals surface area contributed by atoms with Crippen LogP contribution in [-0.4, -0.2) is 0 Å². The highest BCUT2D eigenvalue weighted by molar-refractivity contribution is 5.89. The lowest BCUT2D eigenvalue weighted by molar-refractivity contribution is 0.546. The average molecular weight is 276 g/mol. The van der Waals surface area contributed by atoms with Gasteiger partial charge < -0.3 is 4.42 Å². The molecule has 0 atom stereocenters. The highest BCUT2D eigenvalue weighted by Crippen LogP contribution is 2.26. The molecule has 0 unspecified atom stereocenters. The fourth-order valence-electron chi connectivity index (χ4n) is 2.63. The summed E-state index contributed by atoms with van der Waals surface area (Å²) in [5.74, 6) is 0.722. The van der Waals surface area contributed by atoms with Crippen LogP contribution in [0.4, 0.5) is 0 Å². The topological polar surface area (TPSA) is 30.2 Å². The molecule has 3 aromatic rings. The lowest BCUT2D eigenvalue weighted by Crippen LogP contribution is -2.10. The predicted octanol–water partition coefficient (Wildman–Crippen LogP) is 4.67. The maximum Gasteiger partial charge on any atom is 0.201 e. The normalized spacial score (nSPS) is 10.7. The molecule has 0 radical (unpaired) electrons. The highest BCUT2D eigenvalue weighted by atomic mass is 16.3. The van der Waals surface area contributed by atoms with Gasteiger partial charge in [0.2, 0.25) is 5.43 Å². The molecule has 0 aliphatic carbocycles. The van der Waals surface area contributed by atoms with Crippen LogP contribution in [0.5, 0.6) is 0 Å². The number of hydrogen-bond donors (Lipinski definition) is 0. The maximum absolute atomic E-state index is 13.0. The number of fused-ring (bicyclic) bond motifs is 1. The van der Waals surface area contributed by atoms with Crippen molar-refractivity contribution in [2.45, 2.75) is 13.3 Å². The Kier molecular flexibility index (Phi) is 3.44. The van der Waals surface area contributed by atoms with Gasteiger partial charge in [-0.1, -0.05) is 62.0 Å². The second-order valence-corrected chi connectivity index (χ2v) is 4.87. The minimum absolute atomic E-state index is 0.00907. The van der Waals surface area contributed by atoms with E-state index in [0.717, 1.165) is 16.9 Å². The molecule has 0 fully saturated rings. The summed E-state index contributed by atoms with van der Waals surface area (Å²) in [6, 6.07) is 15.3. The Morgan fingerprint density at radius 2 is 1.86 bits per heavy atom. The van der Waals surface area contributed by atoms with Crippen molar-refractivity contribution in [2.75, 3.05) is 0 Å². The lowest BCUT2D eigenvalue weighted by Gasteiger charge is -2.10. The van der Waals surface area contributed by atoms with E-state index in [1.54, 1.807) is 6.08 Å². The molecule has 0 bridgehead atoms. The van der Waals surface area contributed by atoms with Gasteiger partial charge in [0.05, 0.1) is 10.9 Å². The van der Waals surface area contributed by atoms with Crippen LogP contribution in [0.3, 0.4) is 0 Å². The van der Waals surface area contributed by atoms with Crippen LogP contribution in [0.1, 0.15) is 18.2 Å². The van der Waals surface area contributed by atoms with Crippen LogP contribution in [0, 0.1) is 0 Å². The zero-order chi connectivity index (χ0) is 14.8. The second kappa shape index (κ2) is 5.41. The van der Waals surface area contributed by atoms with E-state index in [2.05, 4.69) is 6.58 Å². The van der Waals surface area contributed by atoms with Gasteiger partial charge in [0.25, 0.3) is 0 Å². The summed E-state index contributed by atoms with van der Waals surface area (Å²) in [5.41, 5.74) is 2.98. The predicted molar refractivity (Wildman–Crippen MR) is 87.4 cm³/mol. The van der Waals surface area contributed by atoms with Crippen molar-refractivity contribution in [1.29, 1.82) is 0 Å². The van der Waals surface area contributed by atoms with Gasteiger partial charge >= 0.3 is 0 Å². The first kappa shape index (κ1) is 13.4. The third-order valence-corrected chi connectivity index (χ3v) is 3.63. The molecular weight excluding hydrogens is 260 g/mol. The molecule has 2 nitrogen and oxygen atoms in total. The zero-order valence-electron chi connectivity index (χ0n) is 11.9. The quantitative estimate of drug-likeness (QED) is 0.696. The Morgan fingerprint density at radius 3 is 2.52 bits per heavy atom. The molecule has 2 aromatic carbocycles. The van der Waals surface area contributed by atoms with Gasteiger partial charge in [0.1, 0.15) is 11.3 Å². The second-order valence-electron chi connectivity index (χ2n) is 4.87. The average Bonchev–Trinajstić information content (AvgIpc) is 2.54. The molecule has 0 saturated heterocycles. The van der Waals surface area contributed by atoms with E-state index in [9.17, 15) is 4.79 Å². The molecule has 0 N–H and O–H groups in total. The molecule has 2 heteroatoms. The van der Waals surface area contributed by atoms with E-state index in [4.69, 9.17) is 4.42 Å². The fourth-order valence-corrected chi connectivity index (χ4v) is 2.63. The van der Waals surface area contributed by atoms with Crippen LogP contribution in [0.2, 0.25) is 0 Å². The van der Waals surface area contributed by atoms with E-state index >= 15 is 0 Å². The largest absolute Gasteiger partial charge is 0.460 e. The summed E-state index contributed by atoms with van der Waals surface area (Å²) in [5, 5.41) is 0.601. The summed E-state index contributed by atoms with van der Waals surface area (Å²) in [4.78, 5) is 13.0. The van der Waals surface area contributed by atoms with Crippen molar-refractivity contribution >= 4 is 17.0 Å². The minimum Gasteiger partial charge on any atom is -0.460 e. The van der Waals surface area contributed by atoms with E-state index in [0.29, 0.717) is 23.0 Å².